The van der Waals surface area contributed by atoms with Gasteiger partial charge in [-0.2, -0.15) is 13.2 Å². The molecule has 1 aromatic carbocycles. The molecule has 0 aliphatic rings. The summed E-state index contributed by atoms with van der Waals surface area (Å²) in [5, 5.41) is 0. The lowest BCUT2D eigenvalue weighted by Crippen LogP contribution is -2.15. The molecule has 0 amide bonds. The van der Waals surface area contributed by atoms with Crippen molar-refractivity contribution in [2.45, 2.75) is 19.2 Å². The van der Waals surface area contributed by atoms with E-state index >= 15 is 0 Å². The number of ether oxygens (including phenoxy) is 1. The zero-order valence-corrected chi connectivity index (χ0v) is 8.96. The molecule has 0 heterocycles. The Morgan fingerprint density at radius 2 is 1.82 bits per heavy atom. The zero-order valence-electron chi connectivity index (χ0n) is 8.96. The van der Waals surface area contributed by atoms with Gasteiger partial charge < -0.3 is 4.74 Å². The van der Waals surface area contributed by atoms with Gasteiger partial charge in [0.1, 0.15) is 6.61 Å². The van der Waals surface area contributed by atoms with Gasteiger partial charge in [0, 0.05) is 5.57 Å². The SMILES string of the molecule is C=C(CC(F)(F)F)C(=O)OCc1ccccc1. The van der Waals surface area contributed by atoms with E-state index in [0.717, 1.165) is 0 Å². The van der Waals surface area contributed by atoms with Crippen molar-refractivity contribution in [3.8, 4) is 0 Å². The van der Waals surface area contributed by atoms with Crippen molar-refractivity contribution in [3.63, 3.8) is 0 Å². The molecule has 0 fully saturated rings. The van der Waals surface area contributed by atoms with Crippen LogP contribution in [0.25, 0.3) is 0 Å². The number of carbonyl (C=O) groups excluding carboxylic acids is 1. The molecule has 0 bridgehead atoms. The predicted molar refractivity (Wildman–Crippen MR) is 56.1 cm³/mol. The normalized spacial score (nSPS) is 11.0. The minimum Gasteiger partial charge on any atom is -0.457 e. The molecule has 0 aromatic heterocycles. The van der Waals surface area contributed by atoms with Gasteiger partial charge in [0.15, 0.2) is 0 Å². The average molecular weight is 244 g/mol. The summed E-state index contributed by atoms with van der Waals surface area (Å²) >= 11 is 0. The number of carbonyl (C=O) groups is 1. The topological polar surface area (TPSA) is 26.3 Å². The Morgan fingerprint density at radius 1 is 1.24 bits per heavy atom. The number of rotatable bonds is 4. The molecule has 17 heavy (non-hydrogen) atoms. The summed E-state index contributed by atoms with van der Waals surface area (Å²) in [4.78, 5) is 11.2. The second-order valence-electron chi connectivity index (χ2n) is 3.46. The maximum Gasteiger partial charge on any atom is 0.393 e. The molecule has 0 spiro atoms. The molecule has 0 N–H and O–H groups in total. The van der Waals surface area contributed by atoms with Crippen LogP contribution < -0.4 is 0 Å². The molecule has 1 aromatic rings. The predicted octanol–water partition coefficient (Wildman–Crippen LogP) is 3.24. The third-order valence-corrected chi connectivity index (χ3v) is 1.92. The van der Waals surface area contributed by atoms with Crippen LogP contribution in [0.1, 0.15) is 12.0 Å². The van der Waals surface area contributed by atoms with Crippen LogP contribution in [0.3, 0.4) is 0 Å². The second-order valence-corrected chi connectivity index (χ2v) is 3.46. The Hall–Kier alpha value is -1.78. The average Bonchev–Trinajstić information content (AvgIpc) is 2.25. The molecular formula is C12H11F3O2. The molecule has 0 atom stereocenters. The lowest BCUT2D eigenvalue weighted by Gasteiger charge is -2.09. The maximum absolute atomic E-state index is 12.0. The molecule has 0 saturated carbocycles. The molecule has 2 nitrogen and oxygen atoms in total. The second kappa shape index (κ2) is 5.52. The molecule has 0 aliphatic heterocycles. The standard InChI is InChI=1S/C12H11F3O2/c1-9(7-12(13,14)15)11(16)17-8-10-5-3-2-4-6-10/h2-6H,1,7-8H2. The first-order valence-corrected chi connectivity index (χ1v) is 4.84. The van der Waals surface area contributed by atoms with Gasteiger partial charge in [-0.1, -0.05) is 36.9 Å². The van der Waals surface area contributed by atoms with E-state index in [0.29, 0.717) is 5.56 Å². The Labute approximate surface area is 96.7 Å². The van der Waals surface area contributed by atoms with Crippen LogP contribution in [-0.4, -0.2) is 12.1 Å². The van der Waals surface area contributed by atoms with Gasteiger partial charge in [-0.15, -0.1) is 0 Å². The third kappa shape index (κ3) is 5.19. The number of hydrogen-bond donors (Lipinski definition) is 0. The molecule has 0 saturated heterocycles. The quantitative estimate of drug-likeness (QED) is 0.600. The maximum atomic E-state index is 12.0. The van der Waals surface area contributed by atoms with E-state index in [1.807, 2.05) is 0 Å². The van der Waals surface area contributed by atoms with Crippen molar-refractivity contribution in [1.29, 1.82) is 0 Å². The van der Waals surface area contributed by atoms with Gasteiger partial charge >= 0.3 is 12.1 Å². The Kier molecular flexibility index (Phi) is 4.31. The summed E-state index contributed by atoms with van der Waals surface area (Å²) in [5.74, 6) is -1.02. The minimum atomic E-state index is -4.44. The van der Waals surface area contributed by atoms with Crippen molar-refractivity contribution < 1.29 is 22.7 Å². The van der Waals surface area contributed by atoms with E-state index in [1.165, 1.54) is 0 Å². The van der Waals surface area contributed by atoms with E-state index in [9.17, 15) is 18.0 Å². The zero-order chi connectivity index (χ0) is 12.9. The van der Waals surface area contributed by atoms with E-state index in [2.05, 4.69) is 6.58 Å². The van der Waals surface area contributed by atoms with Gasteiger partial charge in [-0.3, -0.25) is 0 Å². The highest BCUT2D eigenvalue weighted by atomic mass is 19.4. The summed E-state index contributed by atoms with van der Waals surface area (Å²) in [5.41, 5.74) is 0.120. The third-order valence-electron chi connectivity index (χ3n) is 1.92. The fraction of sp³-hybridized carbons (Fsp3) is 0.250. The van der Waals surface area contributed by atoms with Crippen LogP contribution in [0.4, 0.5) is 13.2 Å². The van der Waals surface area contributed by atoms with Crippen LogP contribution in [0.2, 0.25) is 0 Å². The molecule has 1 rings (SSSR count). The molecule has 5 heteroatoms. The molecule has 0 radical (unpaired) electrons. The van der Waals surface area contributed by atoms with Crippen LogP contribution >= 0.6 is 0 Å². The summed E-state index contributed by atoms with van der Waals surface area (Å²) in [6.45, 7) is 3.00. The van der Waals surface area contributed by atoms with E-state index in [-0.39, 0.29) is 6.61 Å². The minimum absolute atomic E-state index is 0.0590. The van der Waals surface area contributed by atoms with Crippen LogP contribution in [0.5, 0.6) is 0 Å². The Morgan fingerprint density at radius 3 is 2.35 bits per heavy atom. The lowest BCUT2D eigenvalue weighted by molar-refractivity contribution is -0.148. The van der Waals surface area contributed by atoms with Crippen molar-refractivity contribution >= 4 is 5.97 Å². The summed E-state index contributed by atoms with van der Waals surface area (Å²) in [7, 11) is 0. The van der Waals surface area contributed by atoms with Crippen LogP contribution in [-0.2, 0) is 16.1 Å². The highest BCUT2D eigenvalue weighted by molar-refractivity contribution is 5.87. The van der Waals surface area contributed by atoms with Crippen molar-refractivity contribution in [3.05, 3.63) is 48.0 Å². The van der Waals surface area contributed by atoms with Gasteiger partial charge in [-0.05, 0) is 5.56 Å². The van der Waals surface area contributed by atoms with Gasteiger partial charge in [0.05, 0.1) is 6.42 Å². The van der Waals surface area contributed by atoms with E-state index in [1.54, 1.807) is 30.3 Å². The van der Waals surface area contributed by atoms with Crippen LogP contribution in [0.15, 0.2) is 42.5 Å². The first-order valence-electron chi connectivity index (χ1n) is 4.84. The smallest absolute Gasteiger partial charge is 0.393 e. The number of halogens is 3. The van der Waals surface area contributed by atoms with Crippen LogP contribution in [0, 0.1) is 0 Å². The van der Waals surface area contributed by atoms with Crippen molar-refractivity contribution in [1.82, 2.24) is 0 Å². The fourth-order valence-electron chi connectivity index (χ4n) is 1.14. The summed E-state index contributed by atoms with van der Waals surface area (Å²) < 4.78 is 40.6. The van der Waals surface area contributed by atoms with Gasteiger partial charge in [0.25, 0.3) is 0 Å². The number of benzene rings is 1. The van der Waals surface area contributed by atoms with Crippen molar-refractivity contribution in [2.75, 3.05) is 0 Å². The summed E-state index contributed by atoms with van der Waals surface area (Å²) in [6.07, 6.45) is -5.79. The first kappa shape index (κ1) is 13.3. The molecule has 92 valence electrons. The van der Waals surface area contributed by atoms with Gasteiger partial charge in [0.2, 0.25) is 0 Å². The monoisotopic (exact) mass is 244 g/mol. The van der Waals surface area contributed by atoms with E-state index in [4.69, 9.17) is 4.74 Å². The number of hydrogen-bond acceptors (Lipinski definition) is 2. The highest BCUT2D eigenvalue weighted by Crippen LogP contribution is 2.24. The van der Waals surface area contributed by atoms with Crippen molar-refractivity contribution in [2.24, 2.45) is 0 Å². The Balaban J connectivity index is 2.43. The fourth-order valence-corrected chi connectivity index (χ4v) is 1.14. The number of alkyl halides is 3. The summed E-state index contributed by atoms with van der Waals surface area (Å²) in [6, 6.07) is 8.69. The molecular weight excluding hydrogens is 233 g/mol. The number of esters is 1. The molecule has 0 aliphatic carbocycles. The largest absolute Gasteiger partial charge is 0.457 e. The Bertz CT molecular complexity index is 396. The molecule has 0 unspecified atom stereocenters. The van der Waals surface area contributed by atoms with Gasteiger partial charge in [-0.25, -0.2) is 4.79 Å². The first-order chi connectivity index (χ1) is 7.88. The highest BCUT2D eigenvalue weighted by Gasteiger charge is 2.31. The lowest BCUT2D eigenvalue weighted by atomic mass is 10.2. The van der Waals surface area contributed by atoms with E-state index < -0.39 is 24.1 Å².